The Hall–Kier alpha value is -2.88. The van der Waals surface area contributed by atoms with Crippen LogP contribution in [0.1, 0.15) is 53.6 Å². The fourth-order valence-electron chi connectivity index (χ4n) is 3.66. The normalized spacial score (nSPS) is 18.3. The maximum absolute atomic E-state index is 12.6. The van der Waals surface area contributed by atoms with E-state index in [0.717, 1.165) is 36.8 Å². The summed E-state index contributed by atoms with van der Waals surface area (Å²) < 4.78 is 11.3. The van der Waals surface area contributed by atoms with Crippen LogP contribution in [-0.2, 0) is 4.79 Å². The highest BCUT2D eigenvalue weighted by Gasteiger charge is 2.29. The quantitative estimate of drug-likeness (QED) is 0.433. The number of ketones is 1. The van der Waals surface area contributed by atoms with Gasteiger partial charge >= 0.3 is 5.97 Å². The summed E-state index contributed by atoms with van der Waals surface area (Å²) in [7, 11) is 0. The molecule has 0 unspecified atom stereocenters. The number of ether oxygens (including phenoxy) is 2. The van der Waals surface area contributed by atoms with Gasteiger partial charge in [0.2, 0.25) is 5.78 Å². The van der Waals surface area contributed by atoms with E-state index in [4.69, 9.17) is 9.47 Å². The summed E-state index contributed by atoms with van der Waals surface area (Å²) in [6.45, 7) is 1.99. The Balaban J connectivity index is 1.52. The molecule has 4 rings (SSSR count). The van der Waals surface area contributed by atoms with E-state index >= 15 is 0 Å². The van der Waals surface area contributed by atoms with Crippen molar-refractivity contribution in [3.63, 3.8) is 0 Å². The van der Waals surface area contributed by atoms with Crippen molar-refractivity contribution >= 4 is 17.8 Å². The first-order chi connectivity index (χ1) is 13.1. The van der Waals surface area contributed by atoms with Crippen molar-refractivity contribution < 1.29 is 19.1 Å². The van der Waals surface area contributed by atoms with Gasteiger partial charge in [0.1, 0.15) is 11.5 Å². The third-order valence-electron chi connectivity index (χ3n) is 5.27. The lowest BCUT2D eigenvalue weighted by Gasteiger charge is -2.19. The van der Waals surface area contributed by atoms with Crippen molar-refractivity contribution in [2.45, 2.75) is 39.0 Å². The van der Waals surface area contributed by atoms with Gasteiger partial charge < -0.3 is 9.47 Å². The molecule has 2 aromatic rings. The summed E-state index contributed by atoms with van der Waals surface area (Å²) in [5, 5.41) is 0. The minimum atomic E-state index is -0.186. The Kier molecular flexibility index (Phi) is 4.80. The third-order valence-corrected chi connectivity index (χ3v) is 5.27. The van der Waals surface area contributed by atoms with Crippen molar-refractivity contribution in [3.05, 3.63) is 64.9 Å². The fourth-order valence-corrected chi connectivity index (χ4v) is 3.66. The highest BCUT2D eigenvalue weighted by Crippen LogP contribution is 2.35. The lowest BCUT2D eigenvalue weighted by atomic mass is 9.89. The standard InChI is InChI=1S/C23H22O4/c1-15-7-5-6-10-17(15)13-21-22(24)19-12-11-18(14-20(19)27-21)26-23(25)16-8-3-2-4-9-16/h5-7,10-14,16H,2-4,8-9H2,1H3/b21-13-. The topological polar surface area (TPSA) is 52.6 Å². The van der Waals surface area contributed by atoms with E-state index in [1.165, 1.54) is 6.42 Å². The predicted octanol–water partition coefficient (Wildman–Crippen LogP) is 5.10. The third kappa shape index (κ3) is 3.65. The Morgan fingerprint density at radius 2 is 1.89 bits per heavy atom. The average molecular weight is 362 g/mol. The average Bonchev–Trinajstić information content (AvgIpc) is 2.99. The molecule has 0 N–H and O–H groups in total. The highest BCUT2D eigenvalue weighted by atomic mass is 16.5. The first-order valence-corrected chi connectivity index (χ1v) is 9.47. The second-order valence-electron chi connectivity index (χ2n) is 7.21. The van der Waals surface area contributed by atoms with Crippen LogP contribution in [0.15, 0.2) is 48.2 Å². The molecule has 0 bridgehead atoms. The molecule has 0 radical (unpaired) electrons. The first kappa shape index (κ1) is 17.5. The van der Waals surface area contributed by atoms with Crippen LogP contribution in [0.4, 0.5) is 0 Å². The number of aryl methyl sites for hydroxylation is 1. The van der Waals surface area contributed by atoms with Crippen LogP contribution in [-0.4, -0.2) is 11.8 Å². The number of Topliss-reactive ketones (excluding diaryl/α,β-unsaturated/α-hetero) is 1. The molecule has 0 atom stereocenters. The minimum absolute atomic E-state index is 0.0222. The van der Waals surface area contributed by atoms with Gasteiger partial charge in [0.25, 0.3) is 0 Å². The van der Waals surface area contributed by atoms with Crippen molar-refractivity contribution in [2.75, 3.05) is 0 Å². The molecule has 4 heteroatoms. The van der Waals surface area contributed by atoms with Crippen LogP contribution in [0.5, 0.6) is 11.5 Å². The van der Waals surface area contributed by atoms with Gasteiger partial charge in [-0.25, -0.2) is 0 Å². The number of rotatable bonds is 3. The molecule has 2 aliphatic rings. The molecule has 2 aromatic carbocycles. The van der Waals surface area contributed by atoms with Gasteiger partial charge in [-0.15, -0.1) is 0 Å². The van der Waals surface area contributed by atoms with Gasteiger partial charge in [0.05, 0.1) is 11.5 Å². The molecule has 1 heterocycles. The molecule has 27 heavy (non-hydrogen) atoms. The van der Waals surface area contributed by atoms with E-state index in [2.05, 4.69) is 0 Å². The summed E-state index contributed by atoms with van der Waals surface area (Å²) in [5.74, 6) is 0.789. The van der Waals surface area contributed by atoms with Gasteiger partial charge in [-0.3, -0.25) is 9.59 Å². The monoisotopic (exact) mass is 362 g/mol. The number of hydrogen-bond acceptors (Lipinski definition) is 4. The van der Waals surface area contributed by atoms with Gasteiger partial charge in [-0.1, -0.05) is 43.5 Å². The molecular weight excluding hydrogens is 340 g/mol. The lowest BCUT2D eigenvalue weighted by molar-refractivity contribution is -0.139. The van der Waals surface area contributed by atoms with E-state index in [1.807, 2.05) is 31.2 Å². The van der Waals surface area contributed by atoms with Crippen molar-refractivity contribution in [3.8, 4) is 11.5 Å². The molecule has 1 aliphatic heterocycles. The number of allylic oxidation sites excluding steroid dienone is 1. The van der Waals surface area contributed by atoms with Crippen molar-refractivity contribution in [1.29, 1.82) is 0 Å². The number of carbonyl (C=O) groups excluding carboxylic acids is 2. The number of esters is 1. The van der Waals surface area contributed by atoms with Crippen molar-refractivity contribution in [1.82, 2.24) is 0 Å². The van der Waals surface area contributed by atoms with Gasteiger partial charge in [-0.2, -0.15) is 0 Å². The molecule has 4 nitrogen and oxygen atoms in total. The van der Waals surface area contributed by atoms with E-state index in [-0.39, 0.29) is 23.4 Å². The Morgan fingerprint density at radius 3 is 2.67 bits per heavy atom. The molecule has 138 valence electrons. The molecule has 0 amide bonds. The number of benzene rings is 2. The van der Waals surface area contributed by atoms with Crippen LogP contribution in [0.2, 0.25) is 0 Å². The predicted molar refractivity (Wildman–Crippen MR) is 103 cm³/mol. The molecule has 1 aliphatic carbocycles. The maximum Gasteiger partial charge on any atom is 0.314 e. The van der Waals surface area contributed by atoms with Gasteiger partial charge in [0, 0.05) is 6.07 Å². The van der Waals surface area contributed by atoms with Crippen LogP contribution in [0.25, 0.3) is 6.08 Å². The number of hydrogen-bond donors (Lipinski definition) is 0. The largest absolute Gasteiger partial charge is 0.452 e. The second-order valence-corrected chi connectivity index (χ2v) is 7.21. The van der Waals surface area contributed by atoms with Crippen LogP contribution in [0.3, 0.4) is 0 Å². The first-order valence-electron chi connectivity index (χ1n) is 9.47. The molecule has 1 fully saturated rings. The second kappa shape index (κ2) is 7.39. The SMILES string of the molecule is Cc1ccccc1/C=C1\Oc2cc(OC(=O)C3CCCCC3)ccc2C1=O. The number of carbonyl (C=O) groups is 2. The van der Waals surface area contributed by atoms with E-state index in [0.29, 0.717) is 17.1 Å². The molecule has 0 aromatic heterocycles. The Morgan fingerprint density at radius 1 is 1.11 bits per heavy atom. The molecule has 1 saturated carbocycles. The zero-order chi connectivity index (χ0) is 18.8. The van der Waals surface area contributed by atoms with E-state index in [9.17, 15) is 9.59 Å². The summed E-state index contributed by atoms with van der Waals surface area (Å²) >= 11 is 0. The fraction of sp³-hybridized carbons (Fsp3) is 0.304. The zero-order valence-electron chi connectivity index (χ0n) is 15.4. The molecule has 0 spiro atoms. The van der Waals surface area contributed by atoms with E-state index in [1.54, 1.807) is 24.3 Å². The Bertz CT molecular complexity index is 920. The summed E-state index contributed by atoms with van der Waals surface area (Å²) in [4.78, 5) is 24.9. The summed E-state index contributed by atoms with van der Waals surface area (Å²) in [6, 6.07) is 12.8. The lowest BCUT2D eigenvalue weighted by Crippen LogP contribution is -2.22. The van der Waals surface area contributed by atoms with Crippen LogP contribution in [0, 0.1) is 12.8 Å². The molecule has 0 saturated heterocycles. The van der Waals surface area contributed by atoms with E-state index < -0.39 is 0 Å². The summed E-state index contributed by atoms with van der Waals surface area (Å²) in [6.07, 6.45) is 6.88. The minimum Gasteiger partial charge on any atom is -0.452 e. The highest BCUT2D eigenvalue weighted by molar-refractivity contribution is 6.14. The Labute approximate surface area is 158 Å². The maximum atomic E-state index is 12.6. The van der Waals surface area contributed by atoms with Gasteiger partial charge in [-0.05, 0) is 49.1 Å². The molecular formula is C23H22O4. The van der Waals surface area contributed by atoms with Gasteiger partial charge in [0.15, 0.2) is 5.76 Å². The number of fused-ring (bicyclic) bond motifs is 1. The van der Waals surface area contributed by atoms with Crippen LogP contribution < -0.4 is 9.47 Å². The summed E-state index contributed by atoms with van der Waals surface area (Å²) in [5.41, 5.74) is 2.50. The van der Waals surface area contributed by atoms with Crippen LogP contribution >= 0.6 is 0 Å². The smallest absolute Gasteiger partial charge is 0.314 e. The van der Waals surface area contributed by atoms with Crippen molar-refractivity contribution in [2.24, 2.45) is 5.92 Å². The zero-order valence-corrected chi connectivity index (χ0v) is 15.4.